The van der Waals surface area contributed by atoms with Gasteiger partial charge in [-0.15, -0.1) is 0 Å². The molecule has 0 spiro atoms. The van der Waals surface area contributed by atoms with E-state index in [1.54, 1.807) is 0 Å². The first-order chi connectivity index (χ1) is 15.3. The Hall–Kier alpha value is -3.11. The van der Waals surface area contributed by atoms with Crippen molar-refractivity contribution < 1.29 is 4.79 Å². The fourth-order valence-corrected chi connectivity index (χ4v) is 4.21. The number of carbonyl (C=O) groups is 1. The van der Waals surface area contributed by atoms with E-state index in [4.69, 9.17) is 0 Å². The van der Waals surface area contributed by atoms with Gasteiger partial charge in [-0.25, -0.2) is 0 Å². The van der Waals surface area contributed by atoms with Gasteiger partial charge in [-0.1, -0.05) is 66.7 Å². The molecule has 4 nitrogen and oxygen atoms in total. The molecular weight excluding hydrogens is 382 g/mol. The highest BCUT2D eigenvalue weighted by molar-refractivity contribution is 5.78. The van der Waals surface area contributed by atoms with E-state index in [9.17, 15) is 4.79 Å². The molecule has 0 aromatic heterocycles. The summed E-state index contributed by atoms with van der Waals surface area (Å²) in [6.45, 7) is 4.48. The van der Waals surface area contributed by atoms with Crippen molar-refractivity contribution in [2.75, 3.05) is 31.1 Å². The van der Waals surface area contributed by atoms with Crippen LogP contribution in [0.1, 0.15) is 18.4 Å². The number of rotatable bonds is 8. The highest BCUT2D eigenvalue weighted by Crippen LogP contribution is 2.25. The molecule has 1 heterocycles. The van der Waals surface area contributed by atoms with Crippen molar-refractivity contribution in [1.82, 2.24) is 10.2 Å². The molecule has 1 N–H and O–H groups in total. The van der Waals surface area contributed by atoms with Crippen molar-refractivity contribution in [3.8, 4) is 0 Å². The molecule has 4 rings (SSSR count). The number of benzene rings is 3. The van der Waals surface area contributed by atoms with Crippen LogP contribution < -0.4 is 10.2 Å². The van der Waals surface area contributed by atoms with E-state index in [1.165, 1.54) is 11.4 Å². The van der Waals surface area contributed by atoms with Crippen LogP contribution in [-0.2, 0) is 11.3 Å². The number of piperidine rings is 1. The van der Waals surface area contributed by atoms with Gasteiger partial charge in [0.2, 0.25) is 5.91 Å². The predicted octanol–water partition coefficient (Wildman–Crippen LogP) is 4.85. The normalized spacial score (nSPS) is 14.8. The van der Waals surface area contributed by atoms with Gasteiger partial charge in [0.05, 0.1) is 0 Å². The van der Waals surface area contributed by atoms with Crippen molar-refractivity contribution in [3.05, 3.63) is 96.6 Å². The number of carbonyl (C=O) groups excluding carboxylic acids is 1. The molecule has 0 aliphatic carbocycles. The Bertz CT molecular complexity index is 883. The average Bonchev–Trinajstić information content (AvgIpc) is 2.85. The molecule has 4 heteroatoms. The van der Waals surface area contributed by atoms with Gasteiger partial charge in [-0.05, 0) is 55.8 Å². The van der Waals surface area contributed by atoms with E-state index in [-0.39, 0.29) is 11.8 Å². The van der Waals surface area contributed by atoms with E-state index in [1.807, 2.05) is 30.3 Å². The minimum Gasteiger partial charge on any atom is -0.352 e. The van der Waals surface area contributed by atoms with Crippen LogP contribution in [0.3, 0.4) is 0 Å². The van der Waals surface area contributed by atoms with E-state index in [0.29, 0.717) is 6.54 Å². The molecule has 3 aromatic rings. The monoisotopic (exact) mass is 413 g/mol. The van der Waals surface area contributed by atoms with E-state index < -0.39 is 0 Å². The quantitative estimate of drug-likeness (QED) is 0.573. The Morgan fingerprint density at radius 1 is 0.806 bits per heavy atom. The number of hydrogen-bond acceptors (Lipinski definition) is 3. The lowest BCUT2D eigenvalue weighted by molar-refractivity contribution is -0.126. The van der Waals surface area contributed by atoms with E-state index in [0.717, 1.165) is 44.6 Å². The molecule has 0 unspecified atom stereocenters. The third-order valence-corrected chi connectivity index (χ3v) is 6.04. The van der Waals surface area contributed by atoms with Crippen LogP contribution in [0.25, 0.3) is 0 Å². The number of nitrogens with zero attached hydrogens (tertiary/aromatic N) is 2. The lowest BCUT2D eigenvalue weighted by Gasteiger charge is -2.33. The number of para-hydroxylation sites is 2. The smallest absolute Gasteiger partial charge is 0.223 e. The Balaban J connectivity index is 1.27. The molecule has 0 radical (unpaired) electrons. The maximum atomic E-state index is 12.6. The Kier molecular flexibility index (Phi) is 7.35. The zero-order valence-corrected chi connectivity index (χ0v) is 18.0. The summed E-state index contributed by atoms with van der Waals surface area (Å²) in [5, 5.41) is 3.11. The molecular formula is C27H31N3O. The minimum atomic E-state index is 0.124. The fourth-order valence-electron chi connectivity index (χ4n) is 4.21. The average molecular weight is 414 g/mol. The zero-order valence-electron chi connectivity index (χ0n) is 18.0. The van der Waals surface area contributed by atoms with Crippen molar-refractivity contribution in [3.63, 3.8) is 0 Å². The molecule has 1 aliphatic rings. The lowest BCUT2D eigenvalue weighted by atomic mass is 9.96. The number of nitrogens with one attached hydrogen (secondary N) is 1. The second kappa shape index (κ2) is 10.8. The Morgan fingerprint density at radius 2 is 1.32 bits per heavy atom. The minimum absolute atomic E-state index is 0.124. The van der Waals surface area contributed by atoms with Crippen molar-refractivity contribution in [2.45, 2.75) is 19.4 Å². The van der Waals surface area contributed by atoms with Gasteiger partial charge in [0.25, 0.3) is 0 Å². The van der Waals surface area contributed by atoms with Gasteiger partial charge in [-0.3, -0.25) is 4.79 Å². The van der Waals surface area contributed by atoms with Crippen LogP contribution in [0.5, 0.6) is 0 Å². The van der Waals surface area contributed by atoms with Gasteiger partial charge in [0.1, 0.15) is 0 Å². The van der Waals surface area contributed by atoms with E-state index >= 15 is 0 Å². The van der Waals surface area contributed by atoms with Gasteiger partial charge in [0.15, 0.2) is 0 Å². The van der Waals surface area contributed by atoms with Crippen LogP contribution in [0, 0.1) is 5.92 Å². The fraction of sp³-hybridized carbons (Fsp3) is 0.296. The first-order valence-corrected chi connectivity index (χ1v) is 11.2. The topological polar surface area (TPSA) is 35.6 Å². The SMILES string of the molecule is O=C(NCc1ccccc1)C1CCN(CCN(c2ccccc2)c2ccccc2)CC1. The summed E-state index contributed by atoms with van der Waals surface area (Å²) < 4.78 is 0. The van der Waals surface area contributed by atoms with Gasteiger partial charge >= 0.3 is 0 Å². The maximum absolute atomic E-state index is 12.6. The van der Waals surface area contributed by atoms with Gasteiger partial charge in [0, 0.05) is 36.9 Å². The van der Waals surface area contributed by atoms with Gasteiger partial charge in [-0.2, -0.15) is 0 Å². The zero-order chi connectivity index (χ0) is 21.3. The summed E-state index contributed by atoms with van der Waals surface area (Å²) >= 11 is 0. The van der Waals surface area contributed by atoms with Crippen LogP contribution in [0.15, 0.2) is 91.0 Å². The summed E-state index contributed by atoms with van der Waals surface area (Å²) in [4.78, 5) is 17.4. The Labute approximate surface area is 185 Å². The number of hydrogen-bond donors (Lipinski definition) is 1. The first kappa shape index (κ1) is 21.1. The molecule has 0 atom stereocenters. The highest BCUT2D eigenvalue weighted by Gasteiger charge is 2.25. The summed E-state index contributed by atoms with van der Waals surface area (Å²) in [5.74, 6) is 0.318. The second-order valence-corrected chi connectivity index (χ2v) is 8.14. The summed E-state index contributed by atoms with van der Waals surface area (Å²) in [6.07, 6.45) is 1.86. The highest BCUT2D eigenvalue weighted by atomic mass is 16.1. The maximum Gasteiger partial charge on any atom is 0.223 e. The summed E-state index contributed by atoms with van der Waals surface area (Å²) in [7, 11) is 0. The number of anilines is 2. The van der Waals surface area contributed by atoms with Crippen molar-refractivity contribution >= 4 is 17.3 Å². The molecule has 1 amide bonds. The van der Waals surface area contributed by atoms with Gasteiger partial charge < -0.3 is 15.1 Å². The van der Waals surface area contributed by atoms with Crippen LogP contribution in [0.4, 0.5) is 11.4 Å². The second-order valence-electron chi connectivity index (χ2n) is 8.14. The van der Waals surface area contributed by atoms with Crippen molar-refractivity contribution in [1.29, 1.82) is 0 Å². The lowest BCUT2D eigenvalue weighted by Crippen LogP contribution is -2.42. The van der Waals surface area contributed by atoms with Crippen molar-refractivity contribution in [2.24, 2.45) is 5.92 Å². The van der Waals surface area contributed by atoms with Crippen LogP contribution >= 0.6 is 0 Å². The van der Waals surface area contributed by atoms with Crippen LogP contribution in [0.2, 0.25) is 0 Å². The number of likely N-dealkylation sites (tertiary alicyclic amines) is 1. The summed E-state index contributed by atoms with van der Waals surface area (Å²) in [6, 6.07) is 31.2. The third-order valence-electron chi connectivity index (χ3n) is 6.04. The predicted molar refractivity (Wildman–Crippen MR) is 127 cm³/mol. The largest absolute Gasteiger partial charge is 0.352 e. The number of amides is 1. The first-order valence-electron chi connectivity index (χ1n) is 11.2. The molecule has 1 fully saturated rings. The molecule has 0 saturated carbocycles. The molecule has 0 bridgehead atoms. The molecule has 1 saturated heterocycles. The molecule has 160 valence electrons. The van der Waals surface area contributed by atoms with Crippen LogP contribution in [-0.4, -0.2) is 37.0 Å². The Morgan fingerprint density at radius 3 is 1.87 bits per heavy atom. The molecule has 1 aliphatic heterocycles. The molecule has 3 aromatic carbocycles. The summed E-state index contributed by atoms with van der Waals surface area (Å²) in [5.41, 5.74) is 3.57. The molecule has 31 heavy (non-hydrogen) atoms. The standard InChI is InChI=1S/C27H31N3O/c31-27(28-22-23-10-4-1-5-11-23)24-16-18-29(19-17-24)20-21-30(25-12-6-2-7-13-25)26-14-8-3-9-15-26/h1-15,24H,16-22H2,(H,28,31). The van der Waals surface area contributed by atoms with E-state index in [2.05, 4.69) is 75.8 Å². The third kappa shape index (κ3) is 5.96.